The molecule has 0 aliphatic carbocycles. The molecule has 0 unspecified atom stereocenters. The van der Waals surface area contributed by atoms with Gasteiger partial charge in [-0.15, -0.1) is 0 Å². The summed E-state index contributed by atoms with van der Waals surface area (Å²) in [6.45, 7) is 0.228. The molecule has 0 fully saturated rings. The van der Waals surface area contributed by atoms with Crippen LogP contribution in [0.4, 0.5) is 0 Å². The Bertz CT molecular complexity index is 314. The SMILES string of the molecule is O=C=NCc1cc(Cl)nc(Cl)c1. The molecule has 0 bridgehead atoms. The highest BCUT2D eigenvalue weighted by Crippen LogP contribution is 2.14. The van der Waals surface area contributed by atoms with Crippen molar-refractivity contribution in [1.82, 2.24) is 4.98 Å². The Morgan fingerprint density at radius 2 is 2.00 bits per heavy atom. The molecule has 3 nitrogen and oxygen atoms in total. The summed E-state index contributed by atoms with van der Waals surface area (Å²) in [4.78, 5) is 16.9. The summed E-state index contributed by atoms with van der Waals surface area (Å²) in [6, 6.07) is 3.18. The Balaban J connectivity index is 2.92. The molecule has 0 saturated carbocycles. The Labute approximate surface area is 79.0 Å². The van der Waals surface area contributed by atoms with Gasteiger partial charge in [0, 0.05) is 0 Å². The van der Waals surface area contributed by atoms with E-state index in [1.807, 2.05) is 0 Å². The number of hydrogen-bond acceptors (Lipinski definition) is 3. The predicted molar refractivity (Wildman–Crippen MR) is 46.1 cm³/mol. The average Bonchev–Trinajstić information content (AvgIpc) is 1.99. The van der Waals surface area contributed by atoms with Gasteiger partial charge < -0.3 is 0 Å². The summed E-state index contributed by atoms with van der Waals surface area (Å²) >= 11 is 11.2. The number of rotatable bonds is 2. The van der Waals surface area contributed by atoms with E-state index in [1.165, 1.54) is 6.08 Å². The number of isocyanates is 1. The van der Waals surface area contributed by atoms with E-state index in [0.29, 0.717) is 10.3 Å². The van der Waals surface area contributed by atoms with E-state index in [-0.39, 0.29) is 6.54 Å². The van der Waals surface area contributed by atoms with Crippen LogP contribution in [0.3, 0.4) is 0 Å². The first-order valence-electron chi connectivity index (χ1n) is 3.08. The number of halogens is 2. The fourth-order valence-corrected chi connectivity index (χ4v) is 1.23. The lowest BCUT2D eigenvalue weighted by molar-refractivity contribution is 0.563. The first-order chi connectivity index (χ1) is 5.72. The molecular weight excluding hydrogens is 199 g/mol. The first kappa shape index (κ1) is 9.20. The fourth-order valence-electron chi connectivity index (χ4n) is 0.729. The maximum absolute atomic E-state index is 9.77. The molecule has 0 spiro atoms. The van der Waals surface area contributed by atoms with Gasteiger partial charge in [-0.25, -0.2) is 14.8 Å². The number of aromatic nitrogens is 1. The molecule has 0 amide bonds. The van der Waals surface area contributed by atoms with Crippen LogP contribution >= 0.6 is 23.2 Å². The fraction of sp³-hybridized carbons (Fsp3) is 0.143. The van der Waals surface area contributed by atoms with Gasteiger partial charge in [-0.3, -0.25) is 0 Å². The third kappa shape index (κ3) is 2.62. The number of aliphatic imine (C=N–C) groups is 1. The van der Waals surface area contributed by atoms with E-state index in [9.17, 15) is 4.79 Å². The van der Waals surface area contributed by atoms with Crippen molar-refractivity contribution in [3.63, 3.8) is 0 Å². The Hall–Kier alpha value is -0.890. The van der Waals surface area contributed by atoms with Gasteiger partial charge in [-0.05, 0) is 17.7 Å². The summed E-state index contributed by atoms with van der Waals surface area (Å²) < 4.78 is 0. The summed E-state index contributed by atoms with van der Waals surface area (Å²) in [6.07, 6.45) is 1.42. The molecule has 62 valence electrons. The summed E-state index contributed by atoms with van der Waals surface area (Å²) in [5.74, 6) is 0. The van der Waals surface area contributed by atoms with Crippen molar-refractivity contribution in [1.29, 1.82) is 0 Å². The van der Waals surface area contributed by atoms with E-state index in [1.54, 1.807) is 12.1 Å². The average molecular weight is 203 g/mol. The normalized spacial score (nSPS) is 9.17. The highest BCUT2D eigenvalue weighted by Gasteiger charge is 1.97. The molecule has 1 aromatic heterocycles. The molecule has 12 heavy (non-hydrogen) atoms. The Morgan fingerprint density at radius 1 is 1.42 bits per heavy atom. The van der Waals surface area contributed by atoms with Gasteiger partial charge in [0.25, 0.3) is 0 Å². The molecule has 0 aliphatic heterocycles. The van der Waals surface area contributed by atoms with Crippen LogP contribution in [0.5, 0.6) is 0 Å². The van der Waals surface area contributed by atoms with Gasteiger partial charge in [0.2, 0.25) is 6.08 Å². The predicted octanol–water partition coefficient (Wildman–Crippen LogP) is 2.22. The second-order valence-electron chi connectivity index (χ2n) is 2.03. The smallest absolute Gasteiger partial charge is 0.224 e. The first-order valence-corrected chi connectivity index (χ1v) is 3.83. The molecule has 0 aromatic carbocycles. The van der Waals surface area contributed by atoms with Crippen LogP contribution in [0.2, 0.25) is 10.3 Å². The minimum atomic E-state index is 0.228. The van der Waals surface area contributed by atoms with Crippen molar-refractivity contribution < 1.29 is 4.79 Å². The molecule has 5 heteroatoms. The van der Waals surface area contributed by atoms with Crippen LogP contribution in [-0.4, -0.2) is 11.1 Å². The highest BCUT2D eigenvalue weighted by atomic mass is 35.5. The third-order valence-electron chi connectivity index (χ3n) is 1.15. The number of carbonyl (C=O) groups excluding carboxylic acids is 1. The van der Waals surface area contributed by atoms with Crippen molar-refractivity contribution in [3.05, 3.63) is 28.0 Å². The van der Waals surface area contributed by atoms with Crippen molar-refractivity contribution in [2.45, 2.75) is 6.54 Å². The van der Waals surface area contributed by atoms with Gasteiger partial charge in [0.15, 0.2) is 0 Å². The van der Waals surface area contributed by atoms with Gasteiger partial charge in [-0.1, -0.05) is 23.2 Å². The minimum Gasteiger partial charge on any atom is -0.224 e. The molecule has 1 aromatic rings. The van der Waals surface area contributed by atoms with E-state index in [2.05, 4.69) is 9.98 Å². The number of hydrogen-bond donors (Lipinski definition) is 0. The lowest BCUT2D eigenvalue weighted by Crippen LogP contribution is -1.84. The molecule has 1 rings (SSSR count). The second kappa shape index (κ2) is 4.21. The van der Waals surface area contributed by atoms with Gasteiger partial charge in [0.05, 0.1) is 6.54 Å². The second-order valence-corrected chi connectivity index (χ2v) is 2.80. The highest BCUT2D eigenvalue weighted by molar-refractivity contribution is 6.32. The van der Waals surface area contributed by atoms with Crippen LogP contribution in [0.25, 0.3) is 0 Å². The molecule has 0 atom stereocenters. The van der Waals surface area contributed by atoms with Crippen LogP contribution < -0.4 is 0 Å². The lowest BCUT2D eigenvalue weighted by Gasteiger charge is -1.96. The van der Waals surface area contributed by atoms with E-state index in [4.69, 9.17) is 23.2 Å². The van der Waals surface area contributed by atoms with Crippen LogP contribution in [0.1, 0.15) is 5.56 Å². The minimum absolute atomic E-state index is 0.228. The zero-order valence-electron chi connectivity index (χ0n) is 5.92. The third-order valence-corrected chi connectivity index (χ3v) is 1.54. The van der Waals surface area contributed by atoms with E-state index >= 15 is 0 Å². The van der Waals surface area contributed by atoms with Gasteiger partial charge in [-0.2, -0.15) is 0 Å². The Morgan fingerprint density at radius 3 is 2.50 bits per heavy atom. The monoisotopic (exact) mass is 202 g/mol. The van der Waals surface area contributed by atoms with Crippen molar-refractivity contribution in [2.24, 2.45) is 4.99 Å². The summed E-state index contributed by atoms with van der Waals surface area (Å²) in [5, 5.41) is 0.581. The molecule has 0 N–H and O–H groups in total. The van der Waals surface area contributed by atoms with Gasteiger partial charge in [0.1, 0.15) is 10.3 Å². The number of nitrogens with zero attached hydrogens (tertiary/aromatic N) is 2. The van der Waals surface area contributed by atoms with Crippen LogP contribution in [0, 0.1) is 0 Å². The molecule has 1 heterocycles. The number of pyridine rings is 1. The summed E-state index contributed by atoms with van der Waals surface area (Å²) in [5.41, 5.74) is 0.739. The topological polar surface area (TPSA) is 42.3 Å². The standard InChI is InChI=1S/C7H4Cl2N2O/c8-6-1-5(3-10-4-12)2-7(9)11-6/h1-2H,3H2. The zero-order valence-corrected chi connectivity index (χ0v) is 7.43. The van der Waals surface area contributed by atoms with Crippen LogP contribution in [-0.2, 0) is 11.3 Å². The van der Waals surface area contributed by atoms with Crippen molar-refractivity contribution in [2.75, 3.05) is 0 Å². The maximum atomic E-state index is 9.77. The Kier molecular flexibility index (Phi) is 3.23. The van der Waals surface area contributed by atoms with Gasteiger partial charge >= 0.3 is 0 Å². The zero-order chi connectivity index (χ0) is 8.97. The molecule has 0 saturated heterocycles. The van der Waals surface area contributed by atoms with Crippen molar-refractivity contribution >= 4 is 29.3 Å². The molecule has 0 radical (unpaired) electrons. The van der Waals surface area contributed by atoms with Crippen molar-refractivity contribution in [3.8, 4) is 0 Å². The maximum Gasteiger partial charge on any atom is 0.235 e. The lowest BCUT2D eigenvalue weighted by atomic mass is 10.3. The summed E-state index contributed by atoms with van der Waals surface area (Å²) in [7, 11) is 0. The quantitative estimate of drug-likeness (QED) is 0.420. The molecule has 0 aliphatic rings. The van der Waals surface area contributed by atoms with E-state index in [0.717, 1.165) is 5.56 Å². The molecular formula is C7H4Cl2N2O. The van der Waals surface area contributed by atoms with E-state index < -0.39 is 0 Å². The largest absolute Gasteiger partial charge is 0.235 e. The van der Waals surface area contributed by atoms with Crippen LogP contribution in [0.15, 0.2) is 17.1 Å².